The molecule has 1 atom stereocenters. The highest BCUT2D eigenvalue weighted by Gasteiger charge is 2.16. The van der Waals surface area contributed by atoms with Gasteiger partial charge in [-0.05, 0) is 49.9 Å². The standard InChI is InChI=1S/C23H29ClN4O3/c1-17(20-5-3-4-6-21(20)24)25-22(29)15-27(2)16-23(30)26-18-7-9-19(10-8-18)28-11-13-31-14-12-28/h3-10,17H,11-16H2,1-2H3,(H,25,29)(H,26,30)/t17-/m1/s1. The summed E-state index contributed by atoms with van der Waals surface area (Å²) in [6.07, 6.45) is 0. The average Bonchev–Trinajstić information content (AvgIpc) is 2.74. The number of benzene rings is 2. The lowest BCUT2D eigenvalue weighted by atomic mass is 10.1. The fraction of sp³-hybridized carbons (Fsp3) is 0.391. The molecule has 2 aromatic rings. The number of halogens is 1. The number of hydrogen-bond acceptors (Lipinski definition) is 5. The number of ether oxygens (including phenoxy) is 1. The predicted octanol–water partition coefficient (Wildman–Crippen LogP) is 2.92. The molecular weight excluding hydrogens is 416 g/mol. The zero-order valence-corrected chi connectivity index (χ0v) is 18.7. The Kier molecular flexibility index (Phi) is 8.28. The minimum absolute atomic E-state index is 0.109. The van der Waals surface area contributed by atoms with Gasteiger partial charge in [0.25, 0.3) is 0 Å². The molecule has 166 valence electrons. The van der Waals surface area contributed by atoms with Crippen LogP contribution in [0.25, 0.3) is 0 Å². The van der Waals surface area contributed by atoms with Crippen LogP contribution >= 0.6 is 11.6 Å². The van der Waals surface area contributed by atoms with Gasteiger partial charge in [0, 0.05) is 29.5 Å². The molecule has 0 radical (unpaired) electrons. The van der Waals surface area contributed by atoms with Gasteiger partial charge in [-0.15, -0.1) is 0 Å². The normalized spacial score (nSPS) is 14.9. The molecule has 1 aliphatic heterocycles. The van der Waals surface area contributed by atoms with Crippen molar-refractivity contribution in [1.82, 2.24) is 10.2 Å². The van der Waals surface area contributed by atoms with Crippen LogP contribution in [-0.2, 0) is 14.3 Å². The Morgan fingerprint density at radius 2 is 1.71 bits per heavy atom. The molecule has 2 aromatic carbocycles. The van der Waals surface area contributed by atoms with Crippen LogP contribution < -0.4 is 15.5 Å². The highest BCUT2D eigenvalue weighted by Crippen LogP contribution is 2.22. The second-order valence-corrected chi connectivity index (χ2v) is 8.08. The fourth-order valence-corrected chi connectivity index (χ4v) is 3.81. The van der Waals surface area contributed by atoms with Crippen molar-refractivity contribution in [3.8, 4) is 0 Å². The summed E-state index contributed by atoms with van der Waals surface area (Å²) in [7, 11) is 1.74. The SMILES string of the molecule is C[C@@H](NC(=O)CN(C)CC(=O)Nc1ccc(N2CCOCC2)cc1)c1ccccc1Cl. The van der Waals surface area contributed by atoms with Crippen LogP contribution in [0.4, 0.5) is 11.4 Å². The molecule has 1 fully saturated rings. The van der Waals surface area contributed by atoms with E-state index in [0.29, 0.717) is 5.02 Å². The molecule has 2 N–H and O–H groups in total. The van der Waals surface area contributed by atoms with Crippen LogP contribution in [0.3, 0.4) is 0 Å². The van der Waals surface area contributed by atoms with Crippen LogP contribution in [0.2, 0.25) is 5.02 Å². The monoisotopic (exact) mass is 444 g/mol. The lowest BCUT2D eigenvalue weighted by molar-refractivity contribution is -0.123. The number of carbonyl (C=O) groups is 2. The number of carbonyl (C=O) groups excluding carboxylic acids is 2. The molecule has 0 aliphatic carbocycles. The van der Waals surface area contributed by atoms with Crippen LogP contribution in [0.15, 0.2) is 48.5 Å². The van der Waals surface area contributed by atoms with Crippen molar-refractivity contribution in [2.45, 2.75) is 13.0 Å². The van der Waals surface area contributed by atoms with E-state index in [1.165, 1.54) is 0 Å². The third-order valence-electron chi connectivity index (χ3n) is 5.10. The molecule has 0 aromatic heterocycles. The maximum absolute atomic E-state index is 12.4. The zero-order valence-electron chi connectivity index (χ0n) is 17.9. The number of morpholine rings is 1. The molecule has 0 spiro atoms. The van der Waals surface area contributed by atoms with E-state index in [4.69, 9.17) is 16.3 Å². The summed E-state index contributed by atoms with van der Waals surface area (Å²) < 4.78 is 5.37. The molecule has 0 unspecified atom stereocenters. The zero-order chi connectivity index (χ0) is 22.2. The average molecular weight is 445 g/mol. The number of hydrogen-bond donors (Lipinski definition) is 2. The van der Waals surface area contributed by atoms with Crippen molar-refractivity contribution in [3.63, 3.8) is 0 Å². The minimum Gasteiger partial charge on any atom is -0.378 e. The first kappa shape index (κ1) is 23.1. The van der Waals surface area contributed by atoms with Gasteiger partial charge in [0.15, 0.2) is 0 Å². The molecule has 1 heterocycles. The van der Waals surface area contributed by atoms with Gasteiger partial charge in [0.05, 0.1) is 32.3 Å². The van der Waals surface area contributed by atoms with Crippen molar-refractivity contribution in [2.75, 3.05) is 56.7 Å². The van der Waals surface area contributed by atoms with E-state index in [9.17, 15) is 9.59 Å². The Bertz CT molecular complexity index is 885. The quantitative estimate of drug-likeness (QED) is 0.655. The van der Waals surface area contributed by atoms with Crippen LogP contribution in [-0.4, -0.2) is 63.2 Å². The van der Waals surface area contributed by atoms with Gasteiger partial charge in [-0.3, -0.25) is 14.5 Å². The first-order valence-electron chi connectivity index (χ1n) is 10.4. The van der Waals surface area contributed by atoms with Gasteiger partial charge in [-0.1, -0.05) is 29.8 Å². The number of nitrogens with one attached hydrogen (secondary N) is 2. The number of nitrogens with zero attached hydrogens (tertiary/aromatic N) is 2. The lowest BCUT2D eigenvalue weighted by Gasteiger charge is -2.28. The summed E-state index contributed by atoms with van der Waals surface area (Å²) in [4.78, 5) is 28.6. The fourth-order valence-electron chi connectivity index (χ4n) is 3.51. The van der Waals surface area contributed by atoms with Crippen molar-refractivity contribution in [3.05, 3.63) is 59.1 Å². The third kappa shape index (κ3) is 6.95. The molecule has 3 rings (SSSR count). The Morgan fingerprint density at radius 1 is 1.06 bits per heavy atom. The summed E-state index contributed by atoms with van der Waals surface area (Å²) >= 11 is 6.19. The third-order valence-corrected chi connectivity index (χ3v) is 5.45. The molecule has 0 bridgehead atoms. The van der Waals surface area contributed by atoms with E-state index in [-0.39, 0.29) is 30.9 Å². The van der Waals surface area contributed by atoms with Gasteiger partial charge in [-0.25, -0.2) is 0 Å². The van der Waals surface area contributed by atoms with Crippen molar-refractivity contribution in [2.24, 2.45) is 0 Å². The van der Waals surface area contributed by atoms with Gasteiger partial charge < -0.3 is 20.3 Å². The summed E-state index contributed by atoms with van der Waals surface area (Å²) in [5.41, 5.74) is 2.70. The molecule has 1 aliphatic rings. The predicted molar refractivity (Wildman–Crippen MR) is 124 cm³/mol. The number of amides is 2. The lowest BCUT2D eigenvalue weighted by Crippen LogP contribution is -2.39. The smallest absolute Gasteiger partial charge is 0.238 e. The second-order valence-electron chi connectivity index (χ2n) is 7.68. The maximum atomic E-state index is 12.4. The number of likely N-dealkylation sites (N-methyl/N-ethyl adjacent to an activating group) is 1. The number of anilines is 2. The maximum Gasteiger partial charge on any atom is 0.238 e. The Hall–Kier alpha value is -2.61. The van der Waals surface area contributed by atoms with Gasteiger partial charge in [0.1, 0.15) is 0 Å². The van der Waals surface area contributed by atoms with Crippen molar-refractivity contribution < 1.29 is 14.3 Å². The van der Waals surface area contributed by atoms with Crippen LogP contribution in [0, 0.1) is 0 Å². The summed E-state index contributed by atoms with van der Waals surface area (Å²) in [6.45, 7) is 5.30. The van der Waals surface area contributed by atoms with E-state index >= 15 is 0 Å². The van der Waals surface area contributed by atoms with Crippen molar-refractivity contribution >= 4 is 34.8 Å². The number of rotatable bonds is 8. The molecule has 0 saturated carbocycles. The second kappa shape index (κ2) is 11.1. The van der Waals surface area contributed by atoms with E-state index in [1.807, 2.05) is 49.4 Å². The van der Waals surface area contributed by atoms with E-state index in [2.05, 4.69) is 15.5 Å². The highest BCUT2D eigenvalue weighted by atomic mass is 35.5. The first-order valence-corrected chi connectivity index (χ1v) is 10.7. The molecule has 2 amide bonds. The summed E-state index contributed by atoms with van der Waals surface area (Å²) in [6, 6.07) is 15.0. The van der Waals surface area contributed by atoms with E-state index in [1.54, 1.807) is 18.0 Å². The van der Waals surface area contributed by atoms with Crippen LogP contribution in [0.5, 0.6) is 0 Å². The molecule has 8 heteroatoms. The van der Waals surface area contributed by atoms with Crippen LogP contribution in [0.1, 0.15) is 18.5 Å². The summed E-state index contributed by atoms with van der Waals surface area (Å²) in [5.74, 6) is -0.342. The topological polar surface area (TPSA) is 73.9 Å². The Balaban J connectivity index is 1.43. The summed E-state index contributed by atoms with van der Waals surface area (Å²) in [5, 5.41) is 6.41. The van der Waals surface area contributed by atoms with Gasteiger partial charge in [-0.2, -0.15) is 0 Å². The van der Waals surface area contributed by atoms with Gasteiger partial charge >= 0.3 is 0 Å². The van der Waals surface area contributed by atoms with E-state index in [0.717, 1.165) is 43.2 Å². The first-order chi connectivity index (χ1) is 14.9. The Labute approximate surface area is 188 Å². The largest absolute Gasteiger partial charge is 0.378 e. The van der Waals surface area contributed by atoms with E-state index < -0.39 is 0 Å². The minimum atomic E-state index is -0.214. The molecular formula is C23H29ClN4O3. The van der Waals surface area contributed by atoms with Crippen molar-refractivity contribution in [1.29, 1.82) is 0 Å². The molecule has 7 nitrogen and oxygen atoms in total. The van der Waals surface area contributed by atoms with Gasteiger partial charge in [0.2, 0.25) is 11.8 Å². The highest BCUT2D eigenvalue weighted by molar-refractivity contribution is 6.31. The molecule has 31 heavy (non-hydrogen) atoms. The molecule has 1 saturated heterocycles. The Morgan fingerprint density at radius 3 is 2.39 bits per heavy atom.